The quantitative estimate of drug-likeness (QED) is 0.738. The van der Waals surface area contributed by atoms with Crippen LogP contribution >= 0.6 is 11.6 Å². The van der Waals surface area contributed by atoms with Crippen molar-refractivity contribution >= 4 is 23.3 Å². The number of amides is 1. The van der Waals surface area contributed by atoms with E-state index in [1.165, 1.54) is 18.2 Å². The molecule has 0 aliphatic carbocycles. The van der Waals surface area contributed by atoms with E-state index in [1.54, 1.807) is 0 Å². The van der Waals surface area contributed by atoms with Gasteiger partial charge in [0.1, 0.15) is 40.3 Å². The minimum absolute atomic E-state index is 0.0344. The van der Waals surface area contributed by atoms with E-state index in [4.69, 9.17) is 21.3 Å². The molecule has 9 heteroatoms. The van der Waals surface area contributed by atoms with Crippen LogP contribution < -0.4 is 15.0 Å². The second kappa shape index (κ2) is 7.84. The highest BCUT2D eigenvalue weighted by molar-refractivity contribution is 6.35. The lowest BCUT2D eigenvalue weighted by Crippen LogP contribution is -2.55. The maximum atomic E-state index is 14.7. The lowest BCUT2D eigenvalue weighted by atomic mass is 10.1. The van der Waals surface area contributed by atoms with Gasteiger partial charge < -0.3 is 25.0 Å². The molecule has 3 aliphatic rings. The number of phenolic OH excluding ortho intramolecular Hbond substituents is 1. The van der Waals surface area contributed by atoms with Crippen LogP contribution in [0.15, 0.2) is 18.2 Å². The summed E-state index contributed by atoms with van der Waals surface area (Å²) in [5.41, 5.74) is 0.307. The number of ether oxygens (including phenoxy) is 1. The molecule has 0 bridgehead atoms. The summed E-state index contributed by atoms with van der Waals surface area (Å²) in [5, 5.41) is 13.7. The molecule has 4 heterocycles. The zero-order valence-corrected chi connectivity index (χ0v) is 18.0. The van der Waals surface area contributed by atoms with E-state index in [-0.39, 0.29) is 52.4 Å². The SMILES string of the molecule is C[C@H]1CCCN1c1nc(-c2c(O)cccc2F)c(Cl)c2c1C(=O)N1CCNC[C@@H]1CO2. The number of rotatable bonds is 2. The fourth-order valence-electron chi connectivity index (χ4n) is 4.73. The Morgan fingerprint density at radius 2 is 2.13 bits per heavy atom. The maximum Gasteiger partial charge on any atom is 0.261 e. The topological polar surface area (TPSA) is 77.9 Å². The van der Waals surface area contributed by atoms with Crippen LogP contribution in [-0.4, -0.2) is 65.8 Å². The van der Waals surface area contributed by atoms with Gasteiger partial charge in [-0.3, -0.25) is 4.79 Å². The van der Waals surface area contributed by atoms with Crippen molar-refractivity contribution < 1.29 is 19.0 Å². The number of hydrogen-bond acceptors (Lipinski definition) is 6. The molecule has 3 aliphatic heterocycles. The molecule has 2 atom stereocenters. The highest BCUT2D eigenvalue weighted by atomic mass is 35.5. The third-order valence-electron chi connectivity index (χ3n) is 6.37. The fourth-order valence-corrected chi connectivity index (χ4v) is 5.01. The summed E-state index contributed by atoms with van der Waals surface area (Å²) in [6.45, 7) is 4.97. The number of anilines is 1. The number of nitrogens with zero attached hydrogens (tertiary/aromatic N) is 3. The molecule has 0 radical (unpaired) electrons. The third-order valence-corrected chi connectivity index (χ3v) is 6.72. The number of halogens is 2. The standard InChI is InChI=1S/C22H24ClFN4O3/c1-12-4-3-8-27(12)21-17-20(31-11-13-10-25-7-9-28(13)22(17)30)18(23)19(26-21)16-14(24)5-2-6-15(16)29/h2,5-6,12-13,25,29H,3-4,7-11H2,1H3/t12-,13+/m0/s1. The lowest BCUT2D eigenvalue weighted by molar-refractivity contribution is 0.0606. The number of carbonyl (C=O) groups is 1. The highest BCUT2D eigenvalue weighted by Gasteiger charge is 2.40. The summed E-state index contributed by atoms with van der Waals surface area (Å²) in [6, 6.07) is 4.08. The number of aromatic nitrogens is 1. The van der Waals surface area contributed by atoms with Gasteiger partial charge in [0.05, 0.1) is 11.6 Å². The molecule has 31 heavy (non-hydrogen) atoms. The average molecular weight is 447 g/mol. The second-order valence-electron chi connectivity index (χ2n) is 8.29. The molecular formula is C22H24ClFN4O3. The summed E-state index contributed by atoms with van der Waals surface area (Å²) >= 11 is 6.69. The number of benzene rings is 1. The highest BCUT2D eigenvalue weighted by Crippen LogP contribution is 2.46. The zero-order chi connectivity index (χ0) is 21.7. The van der Waals surface area contributed by atoms with Gasteiger partial charge in [-0.2, -0.15) is 0 Å². The van der Waals surface area contributed by atoms with Crippen molar-refractivity contribution in [3.63, 3.8) is 0 Å². The predicted octanol–water partition coefficient (Wildman–Crippen LogP) is 3.04. The molecule has 2 N–H and O–H groups in total. The number of aromatic hydroxyl groups is 1. The van der Waals surface area contributed by atoms with Crippen LogP contribution in [0.2, 0.25) is 5.02 Å². The molecule has 0 unspecified atom stereocenters. The number of piperazine rings is 1. The summed E-state index contributed by atoms with van der Waals surface area (Å²) in [4.78, 5) is 22.2. The minimum atomic E-state index is -0.642. The van der Waals surface area contributed by atoms with Crippen LogP contribution in [0.3, 0.4) is 0 Å². The zero-order valence-electron chi connectivity index (χ0n) is 17.2. The number of pyridine rings is 1. The maximum absolute atomic E-state index is 14.7. The Bertz CT molecular complexity index is 1030. The summed E-state index contributed by atoms with van der Waals surface area (Å²) < 4.78 is 20.8. The van der Waals surface area contributed by atoms with Crippen molar-refractivity contribution in [1.29, 1.82) is 0 Å². The Hall–Kier alpha value is -2.58. The monoisotopic (exact) mass is 446 g/mol. The number of fused-ring (bicyclic) bond motifs is 2. The van der Waals surface area contributed by atoms with Crippen LogP contribution in [0, 0.1) is 5.82 Å². The molecule has 164 valence electrons. The van der Waals surface area contributed by atoms with E-state index >= 15 is 0 Å². The fraction of sp³-hybridized carbons (Fsp3) is 0.455. The molecular weight excluding hydrogens is 423 g/mol. The molecule has 0 saturated carbocycles. The van der Waals surface area contributed by atoms with Gasteiger partial charge in [-0.05, 0) is 31.9 Å². The van der Waals surface area contributed by atoms with Gasteiger partial charge in [0, 0.05) is 32.2 Å². The van der Waals surface area contributed by atoms with Crippen molar-refractivity contribution in [2.24, 2.45) is 0 Å². The molecule has 2 aromatic rings. The predicted molar refractivity (Wildman–Crippen MR) is 116 cm³/mol. The molecule has 2 fully saturated rings. The molecule has 1 amide bonds. The molecule has 2 saturated heterocycles. The van der Waals surface area contributed by atoms with E-state index in [1.807, 2.05) is 4.90 Å². The van der Waals surface area contributed by atoms with Crippen molar-refractivity contribution in [2.45, 2.75) is 31.8 Å². The third kappa shape index (κ3) is 3.29. The van der Waals surface area contributed by atoms with E-state index in [9.17, 15) is 14.3 Å². The van der Waals surface area contributed by atoms with Gasteiger partial charge in [0.25, 0.3) is 5.91 Å². The van der Waals surface area contributed by atoms with Crippen LogP contribution in [0.5, 0.6) is 11.5 Å². The van der Waals surface area contributed by atoms with Crippen molar-refractivity contribution in [1.82, 2.24) is 15.2 Å². The Balaban J connectivity index is 1.76. The van der Waals surface area contributed by atoms with E-state index in [0.29, 0.717) is 31.0 Å². The minimum Gasteiger partial charge on any atom is -0.507 e. The van der Waals surface area contributed by atoms with Crippen molar-refractivity contribution in [3.8, 4) is 22.8 Å². The first-order chi connectivity index (χ1) is 15.0. The number of phenols is 1. The van der Waals surface area contributed by atoms with Crippen molar-refractivity contribution in [2.75, 3.05) is 37.7 Å². The summed E-state index contributed by atoms with van der Waals surface area (Å²) in [5.74, 6) is -0.437. The molecule has 1 aromatic carbocycles. The van der Waals surface area contributed by atoms with Crippen LogP contribution in [0.4, 0.5) is 10.2 Å². The van der Waals surface area contributed by atoms with Crippen molar-refractivity contribution in [3.05, 3.63) is 34.6 Å². The van der Waals surface area contributed by atoms with E-state index in [2.05, 4.69) is 17.1 Å². The molecule has 1 aromatic heterocycles. The Kier molecular flexibility index (Phi) is 5.14. The molecule has 5 rings (SSSR count). The summed E-state index contributed by atoms with van der Waals surface area (Å²) in [6.07, 6.45) is 1.93. The van der Waals surface area contributed by atoms with Gasteiger partial charge in [0.15, 0.2) is 5.75 Å². The van der Waals surface area contributed by atoms with Gasteiger partial charge in [-0.1, -0.05) is 17.7 Å². The largest absolute Gasteiger partial charge is 0.507 e. The van der Waals surface area contributed by atoms with Crippen LogP contribution in [0.25, 0.3) is 11.3 Å². The summed E-state index contributed by atoms with van der Waals surface area (Å²) in [7, 11) is 0. The van der Waals surface area contributed by atoms with Gasteiger partial charge in [0.2, 0.25) is 0 Å². The Morgan fingerprint density at radius 1 is 1.29 bits per heavy atom. The first-order valence-electron chi connectivity index (χ1n) is 10.6. The smallest absolute Gasteiger partial charge is 0.261 e. The average Bonchev–Trinajstić information content (AvgIpc) is 3.12. The van der Waals surface area contributed by atoms with Gasteiger partial charge >= 0.3 is 0 Å². The second-order valence-corrected chi connectivity index (χ2v) is 8.67. The first kappa shape index (κ1) is 20.3. The lowest BCUT2D eigenvalue weighted by Gasteiger charge is -2.34. The normalized spacial score (nSPS) is 23.3. The number of carbonyl (C=O) groups excluding carboxylic acids is 1. The molecule has 0 spiro atoms. The van der Waals surface area contributed by atoms with E-state index in [0.717, 1.165) is 19.4 Å². The van der Waals surface area contributed by atoms with Gasteiger partial charge in [-0.25, -0.2) is 9.37 Å². The first-order valence-corrected chi connectivity index (χ1v) is 11.0. The Morgan fingerprint density at radius 3 is 2.87 bits per heavy atom. The van der Waals surface area contributed by atoms with Crippen LogP contribution in [0.1, 0.15) is 30.1 Å². The van der Waals surface area contributed by atoms with Crippen LogP contribution in [-0.2, 0) is 0 Å². The Labute approximate surface area is 184 Å². The van der Waals surface area contributed by atoms with E-state index < -0.39 is 5.82 Å². The van der Waals surface area contributed by atoms with Gasteiger partial charge in [-0.15, -0.1) is 0 Å². The number of hydrogen-bond donors (Lipinski definition) is 2. The molecule has 7 nitrogen and oxygen atoms in total. The number of nitrogens with one attached hydrogen (secondary N) is 1.